The van der Waals surface area contributed by atoms with E-state index in [2.05, 4.69) is 4.18 Å². The zero-order valence-corrected chi connectivity index (χ0v) is 13.7. The van der Waals surface area contributed by atoms with Crippen LogP contribution in [0.1, 0.15) is 11.6 Å². The lowest BCUT2D eigenvalue weighted by atomic mass is 10.1. The summed E-state index contributed by atoms with van der Waals surface area (Å²) in [5, 5.41) is 9.34. The number of hydrogen-bond acceptors (Lipinski definition) is 5. The first-order valence-electron chi connectivity index (χ1n) is 7.01. The Morgan fingerprint density at radius 2 is 1.81 bits per heavy atom. The van der Waals surface area contributed by atoms with Crippen LogP contribution in [0.3, 0.4) is 0 Å². The monoisotopic (exact) mass is 391 g/mol. The van der Waals surface area contributed by atoms with E-state index in [1.165, 1.54) is 0 Å². The van der Waals surface area contributed by atoms with E-state index in [9.17, 15) is 36.3 Å². The lowest BCUT2D eigenvalue weighted by molar-refractivity contribution is -0.141. The van der Waals surface area contributed by atoms with Crippen molar-refractivity contribution >= 4 is 16.1 Å². The van der Waals surface area contributed by atoms with E-state index < -0.39 is 38.9 Å². The van der Waals surface area contributed by atoms with Crippen molar-refractivity contribution in [2.75, 3.05) is 0 Å². The van der Waals surface area contributed by atoms with Gasteiger partial charge in [0.1, 0.15) is 11.8 Å². The van der Waals surface area contributed by atoms with E-state index in [-0.39, 0.29) is 6.42 Å². The molecule has 2 rings (SSSR count). The van der Waals surface area contributed by atoms with Crippen molar-refractivity contribution in [3.63, 3.8) is 0 Å². The first-order valence-corrected chi connectivity index (χ1v) is 8.42. The number of carboxylic acid groups (broad SMARTS) is 1. The molecule has 0 aliphatic heterocycles. The van der Waals surface area contributed by atoms with Crippen LogP contribution in [0.5, 0.6) is 5.75 Å². The number of aliphatic carboxylic acids is 1. The van der Waals surface area contributed by atoms with Gasteiger partial charge in [-0.2, -0.15) is 21.6 Å². The zero-order chi connectivity index (χ0) is 19.5. The van der Waals surface area contributed by atoms with Gasteiger partial charge in [-0.1, -0.05) is 30.3 Å². The SMILES string of the molecule is O=C(O)C(Cc1ccccc1)n1ccc(OS(=O)(=O)C(F)(F)F)cc1=O. The van der Waals surface area contributed by atoms with Crippen LogP contribution in [0, 0.1) is 0 Å². The molecule has 1 heterocycles. The smallest absolute Gasteiger partial charge is 0.480 e. The summed E-state index contributed by atoms with van der Waals surface area (Å²) in [7, 11) is -5.93. The number of hydrogen-bond donors (Lipinski definition) is 1. The maximum atomic E-state index is 12.3. The average molecular weight is 391 g/mol. The summed E-state index contributed by atoms with van der Waals surface area (Å²) in [6.45, 7) is 0. The number of carboxylic acids is 1. The number of aromatic nitrogens is 1. The zero-order valence-electron chi connectivity index (χ0n) is 12.9. The minimum Gasteiger partial charge on any atom is -0.480 e. The summed E-state index contributed by atoms with van der Waals surface area (Å²) < 4.78 is 63.4. The maximum Gasteiger partial charge on any atom is 0.534 e. The van der Waals surface area contributed by atoms with Gasteiger partial charge in [0.15, 0.2) is 0 Å². The molecule has 7 nitrogen and oxygen atoms in total. The molecule has 0 saturated heterocycles. The molecule has 1 aromatic carbocycles. The molecule has 0 fully saturated rings. The lowest BCUT2D eigenvalue weighted by Gasteiger charge is -2.16. The Hall–Kier alpha value is -2.82. The fourth-order valence-electron chi connectivity index (χ4n) is 2.10. The summed E-state index contributed by atoms with van der Waals surface area (Å²) >= 11 is 0. The summed E-state index contributed by atoms with van der Waals surface area (Å²) in [5.74, 6) is -2.21. The van der Waals surface area contributed by atoms with Gasteiger partial charge in [0.05, 0.1) is 0 Å². The molecule has 0 saturated carbocycles. The molecule has 0 aliphatic carbocycles. The molecule has 0 radical (unpaired) electrons. The van der Waals surface area contributed by atoms with Crippen LogP contribution >= 0.6 is 0 Å². The van der Waals surface area contributed by atoms with Crippen LogP contribution in [-0.2, 0) is 21.3 Å². The Balaban J connectivity index is 2.32. The largest absolute Gasteiger partial charge is 0.534 e. The van der Waals surface area contributed by atoms with Gasteiger partial charge in [-0.05, 0) is 11.6 Å². The molecular formula is C15H12F3NO6S. The number of nitrogens with zero attached hydrogens (tertiary/aromatic N) is 1. The van der Waals surface area contributed by atoms with Gasteiger partial charge in [0.25, 0.3) is 5.56 Å². The van der Waals surface area contributed by atoms with E-state index in [0.717, 1.165) is 16.8 Å². The average Bonchev–Trinajstić information content (AvgIpc) is 2.52. The first-order chi connectivity index (χ1) is 12.0. The van der Waals surface area contributed by atoms with Crippen molar-refractivity contribution in [3.8, 4) is 5.75 Å². The normalized spacial score (nSPS) is 13.2. The Labute approximate surface area is 145 Å². The molecule has 26 heavy (non-hydrogen) atoms. The predicted molar refractivity (Wildman–Crippen MR) is 83.1 cm³/mol. The van der Waals surface area contributed by atoms with Crippen molar-refractivity contribution in [2.45, 2.75) is 18.0 Å². The molecule has 0 bridgehead atoms. The Kier molecular flexibility index (Phi) is 5.40. The van der Waals surface area contributed by atoms with Crippen molar-refractivity contribution in [3.05, 3.63) is 64.6 Å². The van der Waals surface area contributed by atoms with Gasteiger partial charge in [-0.25, -0.2) is 4.79 Å². The predicted octanol–water partition coefficient (Wildman–Crippen LogP) is 1.95. The van der Waals surface area contributed by atoms with Crippen molar-refractivity contribution in [1.82, 2.24) is 4.57 Å². The number of benzene rings is 1. The van der Waals surface area contributed by atoms with Crippen molar-refractivity contribution in [2.24, 2.45) is 0 Å². The molecule has 1 unspecified atom stereocenters. The third-order valence-electron chi connectivity index (χ3n) is 3.30. The van der Waals surface area contributed by atoms with Gasteiger partial charge in [0, 0.05) is 18.7 Å². The second-order valence-corrected chi connectivity index (χ2v) is 6.67. The third-order valence-corrected chi connectivity index (χ3v) is 4.28. The third kappa shape index (κ3) is 4.42. The number of pyridine rings is 1. The first kappa shape index (κ1) is 19.5. The Bertz CT molecular complexity index is 953. The van der Waals surface area contributed by atoms with Crippen LogP contribution < -0.4 is 9.74 Å². The van der Waals surface area contributed by atoms with Gasteiger partial charge in [0.2, 0.25) is 0 Å². The fraction of sp³-hybridized carbons (Fsp3) is 0.200. The number of carbonyl (C=O) groups is 1. The second kappa shape index (κ2) is 7.20. The van der Waals surface area contributed by atoms with Crippen molar-refractivity contribution < 1.29 is 35.7 Å². The summed E-state index contributed by atoms with van der Waals surface area (Å²) in [6.07, 6.45) is 0.808. The van der Waals surface area contributed by atoms with Crippen LogP contribution in [0.15, 0.2) is 53.5 Å². The maximum absolute atomic E-state index is 12.3. The van der Waals surface area contributed by atoms with Gasteiger partial charge >= 0.3 is 21.6 Å². The van der Waals surface area contributed by atoms with Crippen LogP contribution in [0.2, 0.25) is 0 Å². The standard InChI is InChI=1S/C15H12F3NO6S/c16-15(17,18)26(23,24)25-11-6-7-19(13(20)9-11)12(14(21)22)8-10-4-2-1-3-5-10/h1-7,9,12H,8H2,(H,21,22). The molecule has 1 aromatic heterocycles. The fourth-order valence-corrected chi connectivity index (χ4v) is 2.55. The highest BCUT2D eigenvalue weighted by molar-refractivity contribution is 7.88. The highest BCUT2D eigenvalue weighted by Gasteiger charge is 2.48. The summed E-state index contributed by atoms with van der Waals surface area (Å²) in [5.41, 5.74) is -6.06. The second-order valence-electron chi connectivity index (χ2n) is 5.13. The van der Waals surface area contributed by atoms with E-state index in [1.807, 2.05) is 0 Å². The van der Waals surface area contributed by atoms with Crippen LogP contribution in [0.25, 0.3) is 0 Å². The molecular weight excluding hydrogens is 379 g/mol. The Morgan fingerprint density at radius 3 is 2.31 bits per heavy atom. The summed E-state index contributed by atoms with van der Waals surface area (Å²) in [4.78, 5) is 23.5. The van der Waals surface area contributed by atoms with E-state index >= 15 is 0 Å². The van der Waals surface area contributed by atoms with Gasteiger partial charge < -0.3 is 13.9 Å². The summed E-state index contributed by atoms with van der Waals surface area (Å²) in [6, 6.07) is 8.28. The molecule has 11 heteroatoms. The van der Waals surface area contributed by atoms with E-state index in [4.69, 9.17) is 0 Å². The number of alkyl halides is 3. The quantitative estimate of drug-likeness (QED) is 0.596. The molecule has 1 N–H and O–H groups in total. The highest BCUT2D eigenvalue weighted by Crippen LogP contribution is 2.26. The van der Waals surface area contributed by atoms with Crippen molar-refractivity contribution in [1.29, 1.82) is 0 Å². The molecule has 2 aromatic rings. The number of halogens is 3. The Morgan fingerprint density at radius 1 is 1.19 bits per heavy atom. The molecule has 140 valence electrons. The molecule has 0 aliphatic rings. The van der Waals surface area contributed by atoms with Crippen LogP contribution in [-0.4, -0.2) is 29.6 Å². The number of rotatable bonds is 6. The van der Waals surface area contributed by atoms with E-state index in [1.54, 1.807) is 30.3 Å². The highest BCUT2D eigenvalue weighted by atomic mass is 32.2. The molecule has 0 spiro atoms. The van der Waals surface area contributed by atoms with Crippen LogP contribution in [0.4, 0.5) is 13.2 Å². The minimum absolute atomic E-state index is 0.0584. The van der Waals surface area contributed by atoms with Gasteiger partial charge in [-0.3, -0.25) is 4.79 Å². The minimum atomic E-state index is -5.93. The molecule has 0 amide bonds. The topological polar surface area (TPSA) is 103 Å². The van der Waals surface area contributed by atoms with Gasteiger partial charge in [-0.15, -0.1) is 0 Å². The molecule has 1 atom stereocenters. The lowest BCUT2D eigenvalue weighted by Crippen LogP contribution is -2.32. The van der Waals surface area contributed by atoms with E-state index in [0.29, 0.717) is 11.6 Å².